The van der Waals surface area contributed by atoms with Gasteiger partial charge in [-0.1, -0.05) is 6.92 Å². The quantitative estimate of drug-likeness (QED) is 0.739. The molecule has 88 valence electrons. The number of thioether (sulfide) groups is 1. The number of rotatable bonds is 5. The summed E-state index contributed by atoms with van der Waals surface area (Å²) in [6.07, 6.45) is 3.67. The van der Waals surface area contributed by atoms with Crippen LogP contribution in [0.15, 0.2) is 0 Å². The Morgan fingerprint density at radius 2 is 2.13 bits per heavy atom. The predicted molar refractivity (Wildman–Crippen MR) is 62.3 cm³/mol. The van der Waals surface area contributed by atoms with Crippen molar-refractivity contribution in [1.29, 1.82) is 0 Å². The van der Waals surface area contributed by atoms with Gasteiger partial charge in [0, 0.05) is 12.9 Å². The largest absolute Gasteiger partial charge is 0.480 e. The highest BCUT2D eigenvalue weighted by Crippen LogP contribution is 2.42. The van der Waals surface area contributed by atoms with Crippen LogP contribution in [0.5, 0.6) is 0 Å². The molecule has 1 saturated carbocycles. The molecular weight excluding hydrogens is 212 g/mol. The van der Waals surface area contributed by atoms with Crippen molar-refractivity contribution < 1.29 is 14.6 Å². The Morgan fingerprint density at radius 1 is 1.53 bits per heavy atom. The van der Waals surface area contributed by atoms with Gasteiger partial charge in [-0.25, -0.2) is 0 Å². The molecule has 0 spiro atoms. The van der Waals surface area contributed by atoms with Crippen LogP contribution >= 0.6 is 11.8 Å². The first-order valence-corrected chi connectivity index (χ1v) is 6.45. The van der Waals surface area contributed by atoms with E-state index in [1.807, 2.05) is 0 Å². The number of aliphatic carboxylic acids is 1. The molecule has 3 nitrogen and oxygen atoms in total. The van der Waals surface area contributed by atoms with Gasteiger partial charge in [-0.3, -0.25) is 4.79 Å². The molecule has 1 fully saturated rings. The van der Waals surface area contributed by atoms with Crippen molar-refractivity contribution in [1.82, 2.24) is 0 Å². The Hall–Kier alpha value is -0.220. The third kappa shape index (κ3) is 3.38. The number of ether oxygens (including phenoxy) is 1. The molecule has 1 aliphatic rings. The fourth-order valence-corrected chi connectivity index (χ4v) is 3.26. The van der Waals surface area contributed by atoms with Gasteiger partial charge in [-0.05, 0) is 31.6 Å². The second kappa shape index (κ2) is 5.75. The lowest BCUT2D eigenvalue weighted by molar-refractivity contribution is -0.141. The van der Waals surface area contributed by atoms with Crippen molar-refractivity contribution in [2.45, 2.75) is 37.4 Å². The predicted octanol–water partition coefficient (Wildman–Crippen LogP) is 2.40. The van der Waals surface area contributed by atoms with Gasteiger partial charge < -0.3 is 9.84 Å². The van der Waals surface area contributed by atoms with Crippen molar-refractivity contribution in [3.63, 3.8) is 0 Å². The third-order valence-corrected chi connectivity index (χ3v) is 4.64. The van der Waals surface area contributed by atoms with E-state index >= 15 is 0 Å². The second-order valence-corrected chi connectivity index (χ2v) is 5.80. The maximum Gasteiger partial charge on any atom is 0.319 e. The van der Waals surface area contributed by atoms with Gasteiger partial charge in [0.2, 0.25) is 0 Å². The van der Waals surface area contributed by atoms with E-state index in [2.05, 4.69) is 6.92 Å². The minimum Gasteiger partial charge on any atom is -0.480 e. The molecule has 0 aromatic rings. The number of carboxylic acid groups (broad SMARTS) is 1. The summed E-state index contributed by atoms with van der Waals surface area (Å²) in [6.45, 7) is 2.83. The van der Waals surface area contributed by atoms with Crippen LogP contribution in [0, 0.1) is 5.92 Å². The summed E-state index contributed by atoms with van der Waals surface area (Å²) in [5.74, 6) is 0.813. The molecule has 0 aromatic carbocycles. The van der Waals surface area contributed by atoms with Crippen LogP contribution in [-0.4, -0.2) is 35.3 Å². The molecule has 0 aromatic heterocycles. The highest BCUT2D eigenvalue weighted by atomic mass is 32.2. The first-order valence-electron chi connectivity index (χ1n) is 5.47. The maximum atomic E-state index is 11.3. The van der Waals surface area contributed by atoms with Crippen LogP contribution in [0.2, 0.25) is 0 Å². The van der Waals surface area contributed by atoms with Crippen molar-refractivity contribution in [2.75, 3.05) is 19.5 Å². The van der Waals surface area contributed by atoms with Gasteiger partial charge in [0.25, 0.3) is 0 Å². The normalized spacial score (nSPS) is 31.5. The zero-order chi connectivity index (χ0) is 11.3. The zero-order valence-electron chi connectivity index (χ0n) is 9.49. The molecule has 0 bridgehead atoms. The summed E-state index contributed by atoms with van der Waals surface area (Å²) >= 11 is 1.55. The maximum absolute atomic E-state index is 11.3. The van der Waals surface area contributed by atoms with Crippen LogP contribution in [0.4, 0.5) is 0 Å². The first kappa shape index (κ1) is 12.8. The SMILES string of the molecule is COCCSC1(C(=O)O)CCC(C)CC1. The summed E-state index contributed by atoms with van der Waals surface area (Å²) in [5, 5.41) is 9.31. The smallest absolute Gasteiger partial charge is 0.319 e. The van der Waals surface area contributed by atoms with E-state index in [9.17, 15) is 9.90 Å². The van der Waals surface area contributed by atoms with E-state index < -0.39 is 10.7 Å². The van der Waals surface area contributed by atoms with Crippen molar-refractivity contribution in [2.24, 2.45) is 5.92 Å². The minimum atomic E-state index is -0.643. The first-order chi connectivity index (χ1) is 7.10. The van der Waals surface area contributed by atoms with Crippen LogP contribution in [-0.2, 0) is 9.53 Å². The monoisotopic (exact) mass is 232 g/mol. The van der Waals surface area contributed by atoms with Gasteiger partial charge in [0.05, 0.1) is 6.61 Å². The Labute approximate surface area is 95.6 Å². The summed E-state index contributed by atoms with van der Waals surface area (Å²) in [4.78, 5) is 11.3. The van der Waals surface area contributed by atoms with Crippen LogP contribution in [0.1, 0.15) is 32.6 Å². The van der Waals surface area contributed by atoms with Gasteiger partial charge in [0.15, 0.2) is 0 Å². The molecule has 15 heavy (non-hydrogen) atoms. The number of hydrogen-bond donors (Lipinski definition) is 1. The van der Waals surface area contributed by atoms with E-state index in [1.54, 1.807) is 18.9 Å². The number of methoxy groups -OCH3 is 1. The second-order valence-electron chi connectivity index (χ2n) is 4.32. The van der Waals surface area contributed by atoms with E-state index in [4.69, 9.17) is 4.74 Å². The topological polar surface area (TPSA) is 46.5 Å². The fraction of sp³-hybridized carbons (Fsp3) is 0.909. The number of carbonyl (C=O) groups is 1. The standard InChI is InChI=1S/C11H20O3S/c1-9-3-5-11(6-4-9,10(12)13)15-8-7-14-2/h9H,3-8H2,1-2H3,(H,12,13). The Bertz CT molecular complexity index is 210. The molecule has 4 heteroatoms. The lowest BCUT2D eigenvalue weighted by Gasteiger charge is -2.35. The molecule has 0 unspecified atom stereocenters. The van der Waals surface area contributed by atoms with E-state index in [-0.39, 0.29) is 0 Å². The third-order valence-electron chi connectivity index (χ3n) is 3.14. The lowest BCUT2D eigenvalue weighted by Crippen LogP contribution is -2.39. The van der Waals surface area contributed by atoms with Crippen molar-refractivity contribution in [3.8, 4) is 0 Å². The number of carboxylic acids is 1. The lowest BCUT2D eigenvalue weighted by atomic mass is 9.82. The Kier molecular flexibility index (Phi) is 4.93. The summed E-state index contributed by atoms with van der Waals surface area (Å²) < 4.78 is 4.43. The molecule has 0 radical (unpaired) electrons. The Balaban J connectivity index is 2.51. The molecule has 0 atom stereocenters. The summed E-state index contributed by atoms with van der Waals surface area (Å²) in [7, 11) is 1.65. The molecular formula is C11H20O3S. The molecule has 0 aliphatic heterocycles. The molecule has 1 N–H and O–H groups in total. The molecule has 0 heterocycles. The van der Waals surface area contributed by atoms with E-state index in [0.717, 1.165) is 31.4 Å². The van der Waals surface area contributed by atoms with Gasteiger partial charge in [0.1, 0.15) is 4.75 Å². The van der Waals surface area contributed by atoms with Crippen LogP contribution < -0.4 is 0 Å². The molecule has 0 saturated heterocycles. The molecule has 1 aliphatic carbocycles. The summed E-state index contributed by atoms with van der Waals surface area (Å²) in [5.41, 5.74) is 0. The van der Waals surface area contributed by atoms with Gasteiger partial charge >= 0.3 is 5.97 Å². The van der Waals surface area contributed by atoms with Crippen LogP contribution in [0.3, 0.4) is 0 Å². The fourth-order valence-electron chi connectivity index (χ4n) is 1.97. The summed E-state index contributed by atoms with van der Waals surface area (Å²) in [6, 6.07) is 0. The van der Waals surface area contributed by atoms with E-state index in [0.29, 0.717) is 12.5 Å². The van der Waals surface area contributed by atoms with Gasteiger partial charge in [-0.15, -0.1) is 11.8 Å². The van der Waals surface area contributed by atoms with Crippen molar-refractivity contribution in [3.05, 3.63) is 0 Å². The molecule has 1 rings (SSSR count). The van der Waals surface area contributed by atoms with Gasteiger partial charge in [-0.2, -0.15) is 0 Å². The highest BCUT2D eigenvalue weighted by molar-refractivity contribution is 8.01. The zero-order valence-corrected chi connectivity index (χ0v) is 10.3. The van der Waals surface area contributed by atoms with Crippen LogP contribution in [0.25, 0.3) is 0 Å². The average molecular weight is 232 g/mol. The van der Waals surface area contributed by atoms with Crippen molar-refractivity contribution >= 4 is 17.7 Å². The highest BCUT2D eigenvalue weighted by Gasteiger charge is 2.41. The Morgan fingerprint density at radius 3 is 2.60 bits per heavy atom. The number of hydrogen-bond acceptors (Lipinski definition) is 3. The minimum absolute atomic E-state index is 0.537. The molecule has 0 amide bonds. The van der Waals surface area contributed by atoms with E-state index in [1.165, 1.54) is 0 Å². The average Bonchev–Trinajstić information content (AvgIpc) is 2.21.